The third-order valence-electron chi connectivity index (χ3n) is 10.6. The highest BCUT2D eigenvalue weighted by molar-refractivity contribution is 7.79. The summed E-state index contributed by atoms with van der Waals surface area (Å²) in [5, 5.41) is 0. The zero-order valence-corrected chi connectivity index (χ0v) is 34.2. The van der Waals surface area contributed by atoms with Crippen molar-refractivity contribution in [2.75, 3.05) is 0 Å². The smallest absolute Gasteiger partial charge is 0.394 e. The topological polar surface area (TPSA) is 83.8 Å². The number of hydrogen-bond donors (Lipinski definition) is 2. The van der Waals surface area contributed by atoms with Crippen LogP contribution in [0.15, 0.2) is 206 Å². The fourth-order valence-corrected chi connectivity index (χ4v) is 7.74. The van der Waals surface area contributed by atoms with E-state index in [0.717, 1.165) is 50.0 Å². The van der Waals surface area contributed by atoms with E-state index in [1.165, 1.54) is 66.8 Å². The molecule has 60 heavy (non-hydrogen) atoms. The molecule has 300 valence electrons. The highest BCUT2D eigenvalue weighted by atomic mass is 32.3. The highest BCUT2D eigenvalue weighted by Gasteiger charge is 2.21. The zero-order valence-electron chi connectivity index (χ0n) is 33.4. The molecular weight excluding hydrogens is 761 g/mol. The van der Waals surface area contributed by atoms with Gasteiger partial charge >= 0.3 is 10.4 Å². The van der Waals surface area contributed by atoms with E-state index in [1.54, 1.807) is 0 Å². The largest absolute Gasteiger partial charge is 0.457 e. The lowest BCUT2D eigenvalue weighted by Crippen LogP contribution is -2.08. The summed E-state index contributed by atoms with van der Waals surface area (Å²) >= 11 is 0. The Morgan fingerprint density at radius 3 is 0.767 bits per heavy atom. The van der Waals surface area contributed by atoms with Crippen molar-refractivity contribution >= 4 is 10.4 Å². The van der Waals surface area contributed by atoms with Gasteiger partial charge in [0.2, 0.25) is 0 Å². The van der Waals surface area contributed by atoms with Gasteiger partial charge < -0.3 is 4.74 Å². The minimum atomic E-state index is -4.67. The van der Waals surface area contributed by atoms with Crippen LogP contribution in [0.3, 0.4) is 0 Å². The summed E-state index contributed by atoms with van der Waals surface area (Å²) in [6.07, 6.45) is 4.93. The number of benzene rings is 8. The average molecular weight is 809 g/mol. The molecule has 0 spiro atoms. The van der Waals surface area contributed by atoms with Crippen molar-refractivity contribution in [1.29, 1.82) is 0 Å². The van der Waals surface area contributed by atoms with Crippen LogP contribution >= 0.6 is 0 Å². The SMILES string of the molecule is O=S(=O)(O)O.c1ccc(Cc2ccc(Oc3ccc(Cc4ccccc4)c(Cc4ccccc4)c3Cc3ccccc3)c(Cc3ccccc3)c2Cc2ccccc2)cc1. The molecule has 5 nitrogen and oxygen atoms in total. The molecule has 0 saturated heterocycles. The normalized spacial score (nSPS) is 11.0. The summed E-state index contributed by atoms with van der Waals surface area (Å²) in [5.74, 6) is 1.84. The molecule has 0 atom stereocenters. The van der Waals surface area contributed by atoms with Crippen LogP contribution in [0, 0.1) is 0 Å². The van der Waals surface area contributed by atoms with Gasteiger partial charge in [-0.2, -0.15) is 8.42 Å². The maximum absolute atomic E-state index is 8.74. The van der Waals surface area contributed by atoms with E-state index in [1.807, 2.05) is 0 Å². The van der Waals surface area contributed by atoms with Gasteiger partial charge in [-0.25, -0.2) is 0 Å². The second-order valence-corrected chi connectivity index (χ2v) is 15.8. The molecule has 0 radical (unpaired) electrons. The number of rotatable bonds is 14. The van der Waals surface area contributed by atoms with E-state index < -0.39 is 10.4 Å². The summed E-state index contributed by atoms with van der Waals surface area (Å²) < 4.78 is 38.9. The minimum absolute atomic E-state index is 0.776. The van der Waals surface area contributed by atoms with Crippen molar-refractivity contribution in [2.45, 2.75) is 38.5 Å². The van der Waals surface area contributed by atoms with Crippen LogP contribution in [0.25, 0.3) is 0 Å². The lowest BCUT2D eigenvalue weighted by atomic mass is 9.87. The number of ether oxygens (including phenoxy) is 1. The lowest BCUT2D eigenvalue weighted by Gasteiger charge is -2.23. The summed E-state index contributed by atoms with van der Waals surface area (Å²) in [5.41, 5.74) is 15.6. The lowest BCUT2D eigenvalue weighted by molar-refractivity contribution is 0.381. The van der Waals surface area contributed by atoms with Crippen LogP contribution in [0.2, 0.25) is 0 Å². The standard InChI is InChI=1S/C54H46O.H2O4S/c1-7-19-41(20-8-1)35-47-31-33-53(51(39-45-27-15-5-16-28-45)49(47)37-43-23-11-3-12-24-43)55-54-34-32-48(36-42-21-9-2-10-22-42)50(38-44-25-13-4-14-26-44)52(54)40-46-29-17-6-18-30-46;1-5(2,3)4/h1-34H,35-40H2;(H2,1,2,3,4). The molecule has 0 aliphatic heterocycles. The minimum Gasteiger partial charge on any atom is -0.457 e. The van der Waals surface area contributed by atoms with Crippen molar-refractivity contribution < 1.29 is 22.3 Å². The Morgan fingerprint density at radius 2 is 0.517 bits per heavy atom. The van der Waals surface area contributed by atoms with E-state index in [4.69, 9.17) is 22.3 Å². The van der Waals surface area contributed by atoms with Crippen LogP contribution in [-0.2, 0) is 48.9 Å². The Bertz CT molecular complexity index is 2490. The molecule has 0 heterocycles. The van der Waals surface area contributed by atoms with Gasteiger partial charge in [-0.15, -0.1) is 0 Å². The van der Waals surface area contributed by atoms with Gasteiger partial charge in [0.05, 0.1) is 0 Å². The second kappa shape index (κ2) is 20.4. The van der Waals surface area contributed by atoms with Crippen molar-refractivity contribution in [3.63, 3.8) is 0 Å². The van der Waals surface area contributed by atoms with E-state index in [-0.39, 0.29) is 0 Å². The summed E-state index contributed by atoms with van der Waals surface area (Å²) in [6, 6.07) is 74.1. The molecule has 0 amide bonds. The van der Waals surface area contributed by atoms with E-state index in [2.05, 4.69) is 206 Å². The Morgan fingerprint density at radius 1 is 0.300 bits per heavy atom. The molecule has 8 rings (SSSR count). The monoisotopic (exact) mass is 808 g/mol. The summed E-state index contributed by atoms with van der Waals surface area (Å²) in [7, 11) is -4.67. The first-order valence-electron chi connectivity index (χ1n) is 20.1. The second-order valence-electron chi connectivity index (χ2n) is 14.9. The molecular formula is C54H48O5S. The molecule has 8 aromatic rings. The van der Waals surface area contributed by atoms with E-state index >= 15 is 0 Å². The van der Waals surface area contributed by atoms with Crippen molar-refractivity contribution in [2.24, 2.45) is 0 Å². The maximum Gasteiger partial charge on any atom is 0.394 e. The Hall–Kier alpha value is -6.57. The van der Waals surface area contributed by atoms with Crippen molar-refractivity contribution in [3.8, 4) is 11.5 Å². The van der Waals surface area contributed by atoms with Crippen LogP contribution in [0.4, 0.5) is 0 Å². The molecule has 2 N–H and O–H groups in total. The Balaban J connectivity index is 0.00000103. The van der Waals surface area contributed by atoms with Gasteiger partial charge in [-0.3, -0.25) is 9.11 Å². The van der Waals surface area contributed by atoms with Gasteiger partial charge in [0.25, 0.3) is 0 Å². The van der Waals surface area contributed by atoms with Crippen LogP contribution < -0.4 is 4.74 Å². The predicted octanol–water partition coefficient (Wildman–Crippen LogP) is 12.4. The van der Waals surface area contributed by atoms with Gasteiger partial charge in [0, 0.05) is 24.0 Å². The Labute approximate surface area is 354 Å². The van der Waals surface area contributed by atoms with E-state index in [9.17, 15) is 0 Å². The third kappa shape index (κ3) is 12.2. The summed E-state index contributed by atoms with van der Waals surface area (Å²) in [4.78, 5) is 0. The molecule has 0 bridgehead atoms. The molecule has 6 heteroatoms. The predicted molar refractivity (Wildman–Crippen MR) is 243 cm³/mol. The van der Waals surface area contributed by atoms with Crippen molar-refractivity contribution in [1.82, 2.24) is 0 Å². The molecule has 0 aromatic heterocycles. The maximum atomic E-state index is 8.74. The van der Waals surface area contributed by atoms with Gasteiger partial charge in [-0.05, 0) is 93.5 Å². The molecule has 0 fully saturated rings. The van der Waals surface area contributed by atoms with Crippen LogP contribution in [0.1, 0.15) is 66.8 Å². The van der Waals surface area contributed by atoms with Crippen LogP contribution in [0.5, 0.6) is 11.5 Å². The first-order valence-corrected chi connectivity index (χ1v) is 21.5. The molecule has 0 unspecified atom stereocenters. The number of hydrogen-bond acceptors (Lipinski definition) is 3. The average Bonchev–Trinajstić information content (AvgIpc) is 3.26. The fraction of sp³-hybridized carbons (Fsp3) is 0.111. The third-order valence-corrected chi connectivity index (χ3v) is 10.6. The molecule has 0 aliphatic rings. The van der Waals surface area contributed by atoms with Gasteiger partial charge in [0.1, 0.15) is 11.5 Å². The molecule has 0 aliphatic carbocycles. The highest BCUT2D eigenvalue weighted by Crippen LogP contribution is 2.39. The first kappa shape index (κ1) is 41.6. The fourth-order valence-electron chi connectivity index (χ4n) is 7.74. The quantitative estimate of drug-likeness (QED) is 0.107. The summed E-state index contributed by atoms with van der Waals surface area (Å²) in [6.45, 7) is 0. The van der Waals surface area contributed by atoms with Gasteiger partial charge in [-0.1, -0.05) is 194 Å². The molecule has 0 saturated carbocycles. The van der Waals surface area contributed by atoms with Crippen LogP contribution in [-0.4, -0.2) is 17.5 Å². The van der Waals surface area contributed by atoms with Gasteiger partial charge in [0.15, 0.2) is 0 Å². The zero-order chi connectivity index (χ0) is 41.6. The first-order chi connectivity index (χ1) is 29.2. The van der Waals surface area contributed by atoms with Crippen molar-refractivity contribution in [3.05, 3.63) is 273 Å². The van der Waals surface area contributed by atoms with E-state index in [0.29, 0.717) is 0 Å². The Kier molecular flexibility index (Phi) is 14.1. The molecule has 8 aromatic carbocycles.